The maximum atomic E-state index is 12.0. The molecule has 2 rings (SSSR count). The minimum Gasteiger partial charge on any atom is -0.378 e. The molecule has 0 unspecified atom stereocenters. The van der Waals surface area contributed by atoms with Crippen LogP contribution in [0.2, 0.25) is 0 Å². The molecule has 1 aromatic rings. The van der Waals surface area contributed by atoms with E-state index in [1.54, 1.807) is 0 Å². The average Bonchev–Trinajstić information content (AvgIpc) is 2.46. The Morgan fingerprint density at radius 1 is 1.37 bits per heavy atom. The summed E-state index contributed by atoms with van der Waals surface area (Å²) in [5.41, 5.74) is 2.50. The van der Waals surface area contributed by atoms with Gasteiger partial charge in [0.25, 0.3) is 0 Å². The lowest BCUT2D eigenvalue weighted by Crippen LogP contribution is -2.45. The highest BCUT2D eigenvalue weighted by Crippen LogP contribution is 2.16. The van der Waals surface area contributed by atoms with Gasteiger partial charge in [-0.05, 0) is 25.0 Å². The van der Waals surface area contributed by atoms with Crippen LogP contribution in [0.3, 0.4) is 0 Å². The lowest BCUT2D eigenvalue weighted by atomic mass is 10.0. The van der Waals surface area contributed by atoms with Gasteiger partial charge in [0.1, 0.15) is 0 Å². The van der Waals surface area contributed by atoms with Crippen molar-refractivity contribution < 1.29 is 9.53 Å². The second kappa shape index (κ2) is 6.68. The molecule has 1 aliphatic rings. The van der Waals surface area contributed by atoms with Crippen molar-refractivity contribution in [1.82, 2.24) is 10.2 Å². The number of nitrogens with one attached hydrogen (secondary N) is 1. The van der Waals surface area contributed by atoms with Crippen LogP contribution in [0.4, 0.5) is 0 Å². The molecule has 1 N–H and O–H groups in total. The van der Waals surface area contributed by atoms with Gasteiger partial charge in [0, 0.05) is 19.1 Å². The van der Waals surface area contributed by atoms with Gasteiger partial charge in [-0.3, -0.25) is 4.79 Å². The zero-order valence-electron chi connectivity index (χ0n) is 11.7. The number of morpholine rings is 1. The molecule has 0 spiro atoms. The fraction of sp³-hybridized carbons (Fsp3) is 0.533. The number of ether oxygens (including phenoxy) is 1. The van der Waals surface area contributed by atoms with Crippen LogP contribution in [-0.2, 0) is 9.53 Å². The minimum atomic E-state index is 0.156. The van der Waals surface area contributed by atoms with E-state index in [0.717, 1.165) is 0 Å². The number of amides is 1. The van der Waals surface area contributed by atoms with Gasteiger partial charge in [0.15, 0.2) is 0 Å². The van der Waals surface area contributed by atoms with E-state index in [0.29, 0.717) is 32.8 Å². The van der Waals surface area contributed by atoms with Gasteiger partial charge in [-0.15, -0.1) is 0 Å². The van der Waals surface area contributed by atoms with Crippen molar-refractivity contribution in [3.63, 3.8) is 0 Å². The molecule has 1 fully saturated rings. The normalized spacial score (nSPS) is 17.3. The molecule has 1 atom stereocenters. The minimum absolute atomic E-state index is 0.156. The van der Waals surface area contributed by atoms with Crippen LogP contribution in [0.15, 0.2) is 24.3 Å². The summed E-state index contributed by atoms with van der Waals surface area (Å²) in [5.74, 6) is 0.156. The molecule has 104 valence electrons. The number of hydrogen-bond donors (Lipinski definition) is 1. The first-order valence-corrected chi connectivity index (χ1v) is 6.83. The van der Waals surface area contributed by atoms with Crippen molar-refractivity contribution in [2.24, 2.45) is 0 Å². The molecule has 19 heavy (non-hydrogen) atoms. The zero-order chi connectivity index (χ0) is 13.7. The summed E-state index contributed by atoms with van der Waals surface area (Å²) in [5, 5.41) is 3.30. The van der Waals surface area contributed by atoms with Gasteiger partial charge < -0.3 is 15.0 Å². The fourth-order valence-corrected chi connectivity index (χ4v) is 2.35. The third-order valence-corrected chi connectivity index (χ3v) is 3.58. The van der Waals surface area contributed by atoms with Crippen LogP contribution in [0.5, 0.6) is 0 Å². The molecule has 1 saturated heterocycles. The molecule has 0 bridgehead atoms. The Morgan fingerprint density at radius 3 is 2.74 bits per heavy atom. The largest absolute Gasteiger partial charge is 0.378 e. The van der Waals surface area contributed by atoms with E-state index in [2.05, 4.69) is 31.3 Å². The van der Waals surface area contributed by atoms with Gasteiger partial charge in [0.05, 0.1) is 19.8 Å². The molecule has 1 amide bonds. The molecule has 0 aromatic heterocycles. The molecule has 4 nitrogen and oxygen atoms in total. The summed E-state index contributed by atoms with van der Waals surface area (Å²) in [7, 11) is 0. The summed E-state index contributed by atoms with van der Waals surface area (Å²) in [6, 6.07) is 8.45. The first kappa shape index (κ1) is 14.0. The summed E-state index contributed by atoms with van der Waals surface area (Å²) >= 11 is 0. The Balaban J connectivity index is 1.84. The third kappa shape index (κ3) is 3.78. The highest BCUT2D eigenvalue weighted by Gasteiger charge is 2.17. The molecule has 4 heteroatoms. The summed E-state index contributed by atoms with van der Waals surface area (Å²) in [6.45, 7) is 7.29. The molecular formula is C15H22N2O2. The van der Waals surface area contributed by atoms with E-state index in [9.17, 15) is 4.79 Å². The van der Waals surface area contributed by atoms with Crippen molar-refractivity contribution in [3.8, 4) is 0 Å². The highest BCUT2D eigenvalue weighted by molar-refractivity contribution is 5.78. The Kier molecular flexibility index (Phi) is 4.93. The second-order valence-electron chi connectivity index (χ2n) is 4.95. The van der Waals surface area contributed by atoms with E-state index >= 15 is 0 Å². The number of aryl methyl sites for hydroxylation is 1. The van der Waals surface area contributed by atoms with Gasteiger partial charge in [-0.1, -0.05) is 24.3 Å². The fourth-order valence-electron chi connectivity index (χ4n) is 2.35. The van der Waals surface area contributed by atoms with Gasteiger partial charge in [0.2, 0.25) is 5.91 Å². The van der Waals surface area contributed by atoms with E-state index in [1.165, 1.54) is 11.1 Å². The summed E-state index contributed by atoms with van der Waals surface area (Å²) in [4.78, 5) is 13.9. The number of carbonyl (C=O) groups excluding carboxylic acids is 1. The molecule has 0 aliphatic carbocycles. The van der Waals surface area contributed by atoms with E-state index < -0.39 is 0 Å². The Morgan fingerprint density at radius 2 is 2.05 bits per heavy atom. The molecule has 0 saturated carbocycles. The van der Waals surface area contributed by atoms with Crippen molar-refractivity contribution >= 4 is 5.91 Å². The Labute approximate surface area is 114 Å². The first-order chi connectivity index (χ1) is 9.18. The quantitative estimate of drug-likeness (QED) is 0.894. The lowest BCUT2D eigenvalue weighted by Gasteiger charge is -2.27. The van der Waals surface area contributed by atoms with Crippen LogP contribution in [0.1, 0.15) is 24.1 Å². The topological polar surface area (TPSA) is 41.6 Å². The molecule has 1 heterocycles. The van der Waals surface area contributed by atoms with Crippen molar-refractivity contribution in [3.05, 3.63) is 35.4 Å². The third-order valence-electron chi connectivity index (χ3n) is 3.58. The first-order valence-electron chi connectivity index (χ1n) is 6.83. The number of benzene rings is 1. The van der Waals surface area contributed by atoms with E-state index in [4.69, 9.17) is 4.74 Å². The average molecular weight is 262 g/mol. The Hall–Kier alpha value is -1.39. The summed E-state index contributed by atoms with van der Waals surface area (Å²) in [6.07, 6.45) is 0. The maximum absolute atomic E-state index is 12.0. The molecular weight excluding hydrogens is 240 g/mol. The summed E-state index contributed by atoms with van der Waals surface area (Å²) < 4.78 is 5.25. The van der Waals surface area contributed by atoms with E-state index in [1.807, 2.05) is 17.0 Å². The van der Waals surface area contributed by atoms with Crippen LogP contribution >= 0.6 is 0 Å². The predicted molar refractivity (Wildman–Crippen MR) is 75.0 cm³/mol. The zero-order valence-corrected chi connectivity index (χ0v) is 11.7. The van der Waals surface area contributed by atoms with Crippen molar-refractivity contribution in [1.29, 1.82) is 0 Å². The molecule has 0 radical (unpaired) electrons. The van der Waals surface area contributed by atoms with Crippen molar-refractivity contribution in [2.75, 3.05) is 32.8 Å². The lowest BCUT2D eigenvalue weighted by molar-refractivity contribution is -0.134. The molecule has 1 aromatic carbocycles. The number of rotatable bonds is 4. The number of carbonyl (C=O) groups is 1. The smallest absolute Gasteiger partial charge is 0.236 e. The van der Waals surface area contributed by atoms with Crippen LogP contribution < -0.4 is 5.32 Å². The van der Waals surface area contributed by atoms with Crippen LogP contribution in [-0.4, -0.2) is 43.7 Å². The number of hydrogen-bond acceptors (Lipinski definition) is 3. The van der Waals surface area contributed by atoms with Crippen LogP contribution in [0, 0.1) is 6.92 Å². The SMILES string of the molecule is Cc1ccccc1[C@@H](C)NCC(=O)N1CCOCC1. The van der Waals surface area contributed by atoms with E-state index in [-0.39, 0.29) is 11.9 Å². The van der Waals surface area contributed by atoms with Gasteiger partial charge in [-0.25, -0.2) is 0 Å². The van der Waals surface area contributed by atoms with Gasteiger partial charge in [-0.2, -0.15) is 0 Å². The monoisotopic (exact) mass is 262 g/mol. The standard InChI is InChI=1S/C15H22N2O2/c1-12-5-3-4-6-14(12)13(2)16-11-15(18)17-7-9-19-10-8-17/h3-6,13,16H,7-11H2,1-2H3/t13-/m1/s1. The molecule has 1 aliphatic heterocycles. The van der Waals surface area contributed by atoms with Crippen LogP contribution in [0.25, 0.3) is 0 Å². The second-order valence-corrected chi connectivity index (χ2v) is 4.95. The number of nitrogens with zero attached hydrogens (tertiary/aromatic N) is 1. The Bertz CT molecular complexity index is 428. The van der Waals surface area contributed by atoms with Crippen molar-refractivity contribution in [2.45, 2.75) is 19.9 Å². The maximum Gasteiger partial charge on any atom is 0.236 e. The predicted octanol–water partition coefficient (Wildman–Crippen LogP) is 1.50. The highest BCUT2D eigenvalue weighted by atomic mass is 16.5. The van der Waals surface area contributed by atoms with Gasteiger partial charge >= 0.3 is 0 Å².